The molecular formula is C37H21Cl2NO2S6. The van der Waals surface area contributed by atoms with Gasteiger partial charge in [-0.1, -0.05) is 41.4 Å². The van der Waals surface area contributed by atoms with Crippen molar-refractivity contribution in [2.24, 2.45) is 0 Å². The Morgan fingerprint density at radius 1 is 0.562 bits per heavy atom. The minimum atomic E-state index is -0.321. The van der Waals surface area contributed by atoms with Gasteiger partial charge in [-0.05, 0) is 91.7 Å². The predicted molar refractivity (Wildman–Crippen MR) is 216 cm³/mol. The van der Waals surface area contributed by atoms with Crippen LogP contribution >= 0.6 is 91.2 Å². The molecule has 2 aromatic carbocycles. The minimum absolute atomic E-state index is 0.297. The molecule has 11 heteroatoms. The van der Waals surface area contributed by atoms with Crippen molar-refractivity contribution in [2.75, 3.05) is 0 Å². The van der Waals surface area contributed by atoms with Gasteiger partial charge in [-0.2, -0.15) is 0 Å². The summed E-state index contributed by atoms with van der Waals surface area (Å²) in [4.78, 5) is 36.5. The number of aryl methyl sites for hydroxylation is 3. The first-order valence-electron chi connectivity index (χ1n) is 14.9. The number of fused-ring (bicyclic) bond motifs is 5. The molecule has 9 rings (SSSR count). The standard InChI is InChI=1S/C37H21Cl2NO2S6/c1-16-9-22-33(43-16)34-23(37(42)40(36(22)41)20-7-5-4-6-8-20)13-31(48-34)35-25(39)15-30(47-35)28-12-21-17(2)32-19(10-26(21)45-28)11-27(46-32)29-14-24(38)18(3)44-29/h4-15H,1-3H3. The number of thiophene rings is 6. The maximum atomic E-state index is 14.1. The highest BCUT2D eigenvalue weighted by atomic mass is 35.5. The lowest BCUT2D eigenvalue weighted by atomic mass is 10.1. The molecule has 0 radical (unpaired) electrons. The van der Waals surface area contributed by atoms with Crippen LogP contribution < -0.4 is 11.1 Å². The van der Waals surface area contributed by atoms with E-state index in [1.807, 2.05) is 54.7 Å². The summed E-state index contributed by atoms with van der Waals surface area (Å²) in [6.45, 7) is 6.26. The molecule has 0 aliphatic rings. The van der Waals surface area contributed by atoms with Gasteiger partial charge >= 0.3 is 0 Å². The van der Waals surface area contributed by atoms with Gasteiger partial charge in [-0.15, -0.1) is 68.0 Å². The second-order valence-electron chi connectivity index (χ2n) is 11.6. The molecule has 0 aliphatic heterocycles. The fraction of sp³-hybridized carbons (Fsp3) is 0.0811. The van der Waals surface area contributed by atoms with Gasteiger partial charge in [0, 0.05) is 43.5 Å². The van der Waals surface area contributed by atoms with E-state index < -0.39 is 0 Å². The third-order valence-corrected chi connectivity index (χ3v) is 16.9. The maximum Gasteiger partial charge on any atom is 0.266 e. The van der Waals surface area contributed by atoms with Crippen molar-refractivity contribution in [3.63, 3.8) is 0 Å². The lowest BCUT2D eigenvalue weighted by Gasteiger charge is -2.01. The first-order valence-corrected chi connectivity index (χ1v) is 20.5. The van der Waals surface area contributed by atoms with E-state index in [4.69, 9.17) is 23.2 Å². The second-order valence-corrected chi connectivity index (χ2v) is 19.2. The number of hydrogen-bond donors (Lipinski definition) is 0. The number of para-hydroxylation sites is 1. The quantitative estimate of drug-likeness (QED) is 0.179. The van der Waals surface area contributed by atoms with E-state index in [2.05, 4.69) is 38.1 Å². The van der Waals surface area contributed by atoms with E-state index in [9.17, 15) is 9.59 Å². The molecule has 0 saturated carbocycles. The van der Waals surface area contributed by atoms with E-state index in [1.54, 1.807) is 57.5 Å². The first-order chi connectivity index (χ1) is 23.1. The van der Waals surface area contributed by atoms with Gasteiger partial charge in [0.25, 0.3) is 11.1 Å². The van der Waals surface area contributed by atoms with Gasteiger partial charge in [0.05, 0.1) is 40.8 Å². The van der Waals surface area contributed by atoms with Crippen LogP contribution in [0.5, 0.6) is 0 Å². The molecule has 7 heterocycles. The summed E-state index contributed by atoms with van der Waals surface area (Å²) in [6, 6.07) is 23.9. The fourth-order valence-electron chi connectivity index (χ4n) is 6.17. The van der Waals surface area contributed by atoms with Crippen LogP contribution in [0.1, 0.15) is 15.3 Å². The summed E-state index contributed by atoms with van der Waals surface area (Å²) in [5.74, 6) is 0. The zero-order valence-electron chi connectivity index (χ0n) is 25.4. The summed E-state index contributed by atoms with van der Waals surface area (Å²) < 4.78 is 5.50. The highest BCUT2D eigenvalue weighted by molar-refractivity contribution is 7.32. The van der Waals surface area contributed by atoms with Gasteiger partial charge in [0.1, 0.15) is 0 Å². The van der Waals surface area contributed by atoms with Gasteiger partial charge < -0.3 is 0 Å². The Kier molecular flexibility index (Phi) is 7.38. The van der Waals surface area contributed by atoms with E-state index >= 15 is 0 Å². The summed E-state index contributed by atoms with van der Waals surface area (Å²) in [5.41, 5.74) is 1.22. The number of hydrogen-bond acceptors (Lipinski definition) is 8. The Morgan fingerprint density at radius 2 is 1.19 bits per heavy atom. The van der Waals surface area contributed by atoms with Crippen LogP contribution in [-0.2, 0) is 0 Å². The average molecular weight is 775 g/mol. The zero-order chi connectivity index (χ0) is 33.0. The summed E-state index contributed by atoms with van der Waals surface area (Å²) in [5, 5.41) is 5.06. The average Bonchev–Trinajstić information content (AvgIpc) is 3.91. The van der Waals surface area contributed by atoms with Crippen molar-refractivity contribution in [2.45, 2.75) is 20.8 Å². The van der Waals surface area contributed by atoms with E-state index in [0.717, 1.165) is 43.7 Å². The van der Waals surface area contributed by atoms with Crippen molar-refractivity contribution >= 4 is 132 Å². The Balaban J connectivity index is 1.17. The molecule has 0 fully saturated rings. The Hall–Kier alpha value is -3.12. The van der Waals surface area contributed by atoms with Crippen LogP contribution in [0.4, 0.5) is 0 Å². The molecule has 0 saturated heterocycles. The third-order valence-electron chi connectivity index (χ3n) is 8.48. The van der Waals surface area contributed by atoms with Crippen molar-refractivity contribution in [1.29, 1.82) is 0 Å². The molecule has 0 unspecified atom stereocenters. The third kappa shape index (κ3) is 4.82. The fourth-order valence-corrected chi connectivity index (χ4v) is 13.8. The monoisotopic (exact) mass is 773 g/mol. The smallest absolute Gasteiger partial charge is 0.266 e. The molecule has 3 nitrogen and oxygen atoms in total. The molecule has 0 atom stereocenters. The van der Waals surface area contributed by atoms with Crippen molar-refractivity contribution in [3.8, 4) is 35.0 Å². The van der Waals surface area contributed by atoms with E-state index in [0.29, 0.717) is 21.5 Å². The molecule has 7 aromatic heterocycles. The van der Waals surface area contributed by atoms with Crippen molar-refractivity contribution in [3.05, 3.63) is 119 Å². The zero-order valence-corrected chi connectivity index (χ0v) is 31.8. The predicted octanol–water partition coefficient (Wildman–Crippen LogP) is 13.4. The highest BCUT2D eigenvalue weighted by Crippen LogP contribution is 2.49. The molecule has 0 N–H and O–H groups in total. The van der Waals surface area contributed by atoms with Crippen LogP contribution in [0.2, 0.25) is 10.0 Å². The van der Waals surface area contributed by atoms with Crippen molar-refractivity contribution in [1.82, 2.24) is 4.57 Å². The summed E-state index contributed by atoms with van der Waals surface area (Å²) in [6.07, 6.45) is 0. The number of benzene rings is 2. The normalized spacial score (nSPS) is 12.0. The first kappa shape index (κ1) is 30.9. The van der Waals surface area contributed by atoms with Crippen molar-refractivity contribution < 1.29 is 0 Å². The molecule has 0 amide bonds. The van der Waals surface area contributed by atoms with Gasteiger partial charge in [0.15, 0.2) is 0 Å². The number of rotatable bonds is 4. The number of aromatic nitrogens is 1. The summed E-state index contributed by atoms with van der Waals surface area (Å²) in [7, 11) is 0. The van der Waals surface area contributed by atoms with E-state index in [-0.39, 0.29) is 11.1 Å². The Bertz CT molecular complexity index is 2880. The second kappa shape index (κ2) is 11.5. The summed E-state index contributed by atoms with van der Waals surface area (Å²) >= 11 is 23.4. The molecule has 48 heavy (non-hydrogen) atoms. The number of nitrogens with zero attached hydrogens (tertiary/aromatic N) is 1. The highest BCUT2D eigenvalue weighted by Gasteiger charge is 2.21. The van der Waals surface area contributed by atoms with Crippen LogP contribution in [0.25, 0.3) is 75.3 Å². The van der Waals surface area contributed by atoms with Gasteiger partial charge in [0.2, 0.25) is 0 Å². The van der Waals surface area contributed by atoms with Crippen LogP contribution in [-0.4, -0.2) is 4.57 Å². The molecular weight excluding hydrogens is 754 g/mol. The number of halogens is 2. The maximum absolute atomic E-state index is 14.1. The van der Waals surface area contributed by atoms with Crippen LogP contribution in [0, 0.1) is 20.8 Å². The molecule has 0 spiro atoms. The molecule has 0 bridgehead atoms. The van der Waals surface area contributed by atoms with Gasteiger partial charge in [-0.3, -0.25) is 9.59 Å². The van der Waals surface area contributed by atoms with E-state index in [1.165, 1.54) is 51.4 Å². The largest absolute Gasteiger partial charge is 0.268 e. The topological polar surface area (TPSA) is 39.1 Å². The Morgan fingerprint density at radius 3 is 1.94 bits per heavy atom. The minimum Gasteiger partial charge on any atom is -0.268 e. The molecule has 236 valence electrons. The lowest BCUT2D eigenvalue weighted by Crippen LogP contribution is -2.28. The molecule has 9 aromatic rings. The SMILES string of the molecule is Cc1cc2c(=O)n(-c3ccccc3)c(=O)c3cc(-c4sc(-c5cc6c(C)c7sc(-c8cc(Cl)c(C)s8)cc7cc6s5)cc4Cl)sc3c2s1. The molecule has 0 aliphatic carbocycles. The van der Waals surface area contributed by atoms with Gasteiger partial charge in [-0.25, -0.2) is 4.57 Å². The lowest BCUT2D eigenvalue weighted by molar-refractivity contribution is 0.976. The Labute approximate surface area is 308 Å². The van der Waals surface area contributed by atoms with Crippen LogP contribution in [0.3, 0.4) is 0 Å². The van der Waals surface area contributed by atoms with Crippen LogP contribution in [0.15, 0.2) is 82.4 Å².